The van der Waals surface area contributed by atoms with Gasteiger partial charge in [-0.2, -0.15) is 5.10 Å². The van der Waals surface area contributed by atoms with Crippen molar-refractivity contribution >= 4 is 29.4 Å². The molecule has 9 nitrogen and oxygen atoms in total. The highest BCUT2D eigenvalue weighted by Gasteiger charge is 2.24. The van der Waals surface area contributed by atoms with E-state index in [0.717, 1.165) is 31.4 Å². The molecule has 4 rings (SSSR count). The number of nitrogens with one attached hydrogen (secondary N) is 2. The highest BCUT2D eigenvalue weighted by atomic mass is 35.5. The van der Waals surface area contributed by atoms with Crippen molar-refractivity contribution in [1.29, 1.82) is 0 Å². The molecule has 1 aliphatic carbocycles. The van der Waals surface area contributed by atoms with Crippen LogP contribution in [0.4, 0.5) is 5.95 Å². The van der Waals surface area contributed by atoms with E-state index in [-0.39, 0.29) is 34.9 Å². The van der Waals surface area contributed by atoms with Crippen molar-refractivity contribution in [2.24, 2.45) is 5.92 Å². The third-order valence-electron chi connectivity index (χ3n) is 6.22. The number of hydrogen-bond acceptors (Lipinski definition) is 6. The molecule has 1 atom stereocenters. The number of aryl methyl sites for hydroxylation is 1. The zero-order valence-electron chi connectivity index (χ0n) is 19.6. The number of benzene rings is 1. The van der Waals surface area contributed by atoms with Gasteiger partial charge in [0.2, 0.25) is 11.9 Å². The molecule has 0 spiro atoms. The summed E-state index contributed by atoms with van der Waals surface area (Å²) in [5.74, 6) is -0.458. The minimum Gasteiger partial charge on any atom is -0.373 e. The number of hydrogen-bond donors (Lipinski definition) is 3. The maximum Gasteiger partial charge on any atom is 0.254 e. The lowest BCUT2D eigenvalue weighted by Crippen LogP contribution is -2.40. The van der Waals surface area contributed by atoms with E-state index in [1.165, 1.54) is 12.8 Å². The first-order valence-electron chi connectivity index (χ1n) is 11.8. The van der Waals surface area contributed by atoms with Gasteiger partial charge in [-0.1, -0.05) is 43.4 Å². The van der Waals surface area contributed by atoms with Gasteiger partial charge < -0.3 is 10.4 Å². The van der Waals surface area contributed by atoms with Crippen LogP contribution < -0.4 is 10.6 Å². The fourth-order valence-electron chi connectivity index (χ4n) is 4.29. The van der Waals surface area contributed by atoms with Gasteiger partial charge >= 0.3 is 0 Å². The SMILES string of the molecule is Cc1cc(-c2ccc(Cl)c(C(=O)NC(O)C3CCCCCC3)c2)nn1CC(=O)Nc1ncccn1. The molecule has 184 valence electrons. The van der Waals surface area contributed by atoms with Crippen molar-refractivity contribution in [1.82, 2.24) is 25.1 Å². The predicted molar refractivity (Wildman–Crippen MR) is 133 cm³/mol. The summed E-state index contributed by atoms with van der Waals surface area (Å²) in [7, 11) is 0. The highest BCUT2D eigenvalue weighted by Crippen LogP contribution is 2.27. The zero-order chi connectivity index (χ0) is 24.8. The van der Waals surface area contributed by atoms with Crippen molar-refractivity contribution in [3.8, 4) is 11.3 Å². The van der Waals surface area contributed by atoms with E-state index in [9.17, 15) is 14.7 Å². The largest absolute Gasteiger partial charge is 0.373 e. The Hall–Kier alpha value is -3.30. The van der Waals surface area contributed by atoms with Gasteiger partial charge in [-0.25, -0.2) is 9.97 Å². The Labute approximate surface area is 208 Å². The Kier molecular flexibility index (Phi) is 8.09. The summed E-state index contributed by atoms with van der Waals surface area (Å²) in [4.78, 5) is 33.3. The second-order valence-electron chi connectivity index (χ2n) is 8.81. The van der Waals surface area contributed by atoms with E-state index in [1.54, 1.807) is 41.3 Å². The first kappa shape index (κ1) is 24.8. The van der Waals surface area contributed by atoms with Crippen LogP contribution in [0.2, 0.25) is 5.02 Å². The number of nitrogens with zero attached hydrogens (tertiary/aromatic N) is 4. The van der Waals surface area contributed by atoms with Gasteiger partial charge in [0.25, 0.3) is 5.91 Å². The summed E-state index contributed by atoms with van der Waals surface area (Å²) in [5, 5.41) is 20.8. The summed E-state index contributed by atoms with van der Waals surface area (Å²) >= 11 is 6.32. The van der Waals surface area contributed by atoms with Gasteiger partial charge in [-0.15, -0.1) is 0 Å². The van der Waals surface area contributed by atoms with Crippen molar-refractivity contribution in [2.45, 2.75) is 58.2 Å². The fourth-order valence-corrected chi connectivity index (χ4v) is 4.49. The topological polar surface area (TPSA) is 122 Å². The number of carbonyl (C=O) groups excluding carboxylic acids is 2. The lowest BCUT2D eigenvalue weighted by Gasteiger charge is -2.22. The Balaban J connectivity index is 1.46. The van der Waals surface area contributed by atoms with Crippen LogP contribution in [0.3, 0.4) is 0 Å². The number of carbonyl (C=O) groups is 2. The molecule has 1 fully saturated rings. The second-order valence-corrected chi connectivity index (χ2v) is 9.22. The van der Waals surface area contributed by atoms with Gasteiger partial charge in [0, 0.05) is 29.6 Å². The van der Waals surface area contributed by atoms with Gasteiger partial charge in [-0.3, -0.25) is 19.6 Å². The number of aliphatic hydroxyl groups is 1. The molecular weight excluding hydrogens is 468 g/mol. The lowest BCUT2D eigenvalue weighted by molar-refractivity contribution is -0.117. The number of rotatable bonds is 7. The number of aliphatic hydroxyl groups excluding tert-OH is 1. The maximum atomic E-state index is 12.9. The minimum absolute atomic E-state index is 0.0153. The molecular formula is C25H29ClN6O3. The second kappa shape index (κ2) is 11.4. The quantitative estimate of drug-likeness (QED) is 0.336. The highest BCUT2D eigenvalue weighted by molar-refractivity contribution is 6.34. The summed E-state index contributed by atoms with van der Waals surface area (Å²) in [5.41, 5.74) is 2.32. The Morgan fingerprint density at radius 2 is 1.86 bits per heavy atom. The van der Waals surface area contributed by atoms with Crippen molar-refractivity contribution in [3.05, 3.63) is 59.0 Å². The standard InChI is InChI=1S/C25H29ClN6O3/c1-16-13-21(31-32(16)15-22(33)29-25-27-11-6-12-28-25)18-9-10-20(26)19(14-18)24(35)30-23(34)17-7-4-2-3-5-8-17/h6,9-14,17,23,34H,2-5,7-8,15H2,1H3,(H,30,35)(H,27,28,29,33). The summed E-state index contributed by atoms with van der Waals surface area (Å²) in [6.45, 7) is 1.83. The van der Waals surface area contributed by atoms with Crippen LogP contribution in [0.1, 0.15) is 54.6 Å². The number of aromatic nitrogens is 4. The molecule has 2 aromatic heterocycles. The van der Waals surface area contributed by atoms with E-state index < -0.39 is 12.1 Å². The molecule has 2 heterocycles. The number of amides is 2. The molecule has 1 saturated carbocycles. The lowest BCUT2D eigenvalue weighted by atomic mass is 9.98. The van der Waals surface area contributed by atoms with Crippen molar-refractivity contribution < 1.29 is 14.7 Å². The predicted octanol–water partition coefficient (Wildman–Crippen LogP) is 3.96. The smallest absolute Gasteiger partial charge is 0.254 e. The molecule has 1 aliphatic rings. The van der Waals surface area contributed by atoms with Crippen LogP contribution in [0, 0.1) is 12.8 Å². The first-order chi connectivity index (χ1) is 16.9. The van der Waals surface area contributed by atoms with Crippen LogP contribution in [0.25, 0.3) is 11.3 Å². The fraction of sp³-hybridized carbons (Fsp3) is 0.400. The molecule has 10 heteroatoms. The van der Waals surface area contributed by atoms with Gasteiger partial charge in [0.15, 0.2) is 0 Å². The Morgan fingerprint density at radius 1 is 1.14 bits per heavy atom. The summed E-state index contributed by atoms with van der Waals surface area (Å²) < 4.78 is 1.57. The molecule has 2 amide bonds. The third-order valence-corrected chi connectivity index (χ3v) is 6.55. The van der Waals surface area contributed by atoms with Crippen molar-refractivity contribution in [3.63, 3.8) is 0 Å². The van der Waals surface area contributed by atoms with Crippen molar-refractivity contribution in [2.75, 3.05) is 5.32 Å². The molecule has 0 aliphatic heterocycles. The van der Waals surface area contributed by atoms with E-state index in [0.29, 0.717) is 11.3 Å². The number of anilines is 1. The average Bonchev–Trinajstić information content (AvgIpc) is 3.03. The Bertz CT molecular complexity index is 1180. The van der Waals surface area contributed by atoms with Gasteiger partial charge in [0.05, 0.1) is 16.3 Å². The average molecular weight is 497 g/mol. The van der Waals surface area contributed by atoms with Gasteiger partial charge in [0.1, 0.15) is 12.8 Å². The normalized spacial score (nSPS) is 15.3. The molecule has 3 aromatic rings. The van der Waals surface area contributed by atoms with Crippen LogP contribution in [-0.4, -0.2) is 42.9 Å². The number of halogens is 1. The third kappa shape index (κ3) is 6.43. The van der Waals surface area contributed by atoms with E-state index in [2.05, 4.69) is 25.7 Å². The van der Waals surface area contributed by atoms with E-state index in [4.69, 9.17) is 11.6 Å². The maximum absolute atomic E-state index is 12.9. The molecule has 1 unspecified atom stereocenters. The summed E-state index contributed by atoms with van der Waals surface area (Å²) in [6, 6.07) is 8.56. The van der Waals surface area contributed by atoms with Crippen LogP contribution in [0.5, 0.6) is 0 Å². The molecule has 1 aromatic carbocycles. The van der Waals surface area contributed by atoms with E-state index in [1.807, 2.05) is 13.0 Å². The van der Waals surface area contributed by atoms with Crippen LogP contribution >= 0.6 is 11.6 Å². The first-order valence-corrected chi connectivity index (χ1v) is 12.2. The van der Waals surface area contributed by atoms with E-state index >= 15 is 0 Å². The molecule has 0 bridgehead atoms. The van der Waals surface area contributed by atoms with Crippen LogP contribution in [0.15, 0.2) is 42.7 Å². The molecule has 0 radical (unpaired) electrons. The monoisotopic (exact) mass is 496 g/mol. The molecule has 35 heavy (non-hydrogen) atoms. The Morgan fingerprint density at radius 3 is 2.57 bits per heavy atom. The zero-order valence-corrected chi connectivity index (χ0v) is 20.3. The van der Waals surface area contributed by atoms with Gasteiger partial charge in [-0.05, 0) is 44.0 Å². The molecule has 0 saturated heterocycles. The summed E-state index contributed by atoms with van der Waals surface area (Å²) in [6.07, 6.45) is 8.43. The minimum atomic E-state index is -0.908. The van der Waals surface area contributed by atoms with Crippen LogP contribution in [-0.2, 0) is 11.3 Å². The molecule has 3 N–H and O–H groups in total.